The first kappa shape index (κ1) is 17.4. The standard InChI is InChI=1S/C15H25N3O3/c1-5-10-11(6-2)17-18-15(21)13(10)14(20)16-8-7-12(19)9(3)4/h9,12,19H,5-8H2,1-4H3,(H,16,20)(H,18,21). The van der Waals surface area contributed by atoms with Gasteiger partial charge in [-0.2, -0.15) is 5.10 Å². The Morgan fingerprint density at radius 3 is 2.52 bits per heavy atom. The van der Waals surface area contributed by atoms with Gasteiger partial charge in [0.15, 0.2) is 0 Å². The number of H-pyrrole nitrogens is 1. The second-order valence-electron chi connectivity index (χ2n) is 5.42. The van der Waals surface area contributed by atoms with Gasteiger partial charge in [-0.15, -0.1) is 0 Å². The van der Waals surface area contributed by atoms with E-state index in [1.165, 1.54) is 0 Å². The van der Waals surface area contributed by atoms with E-state index in [4.69, 9.17) is 0 Å². The molecular formula is C15H25N3O3. The molecule has 1 heterocycles. The lowest BCUT2D eigenvalue weighted by atomic mass is 10.0. The van der Waals surface area contributed by atoms with Crippen LogP contribution in [-0.2, 0) is 12.8 Å². The molecular weight excluding hydrogens is 270 g/mol. The van der Waals surface area contributed by atoms with Crippen molar-refractivity contribution in [2.45, 2.75) is 53.1 Å². The number of nitrogens with zero attached hydrogens (tertiary/aromatic N) is 1. The highest BCUT2D eigenvalue weighted by atomic mass is 16.3. The van der Waals surface area contributed by atoms with Crippen LogP contribution in [0.1, 0.15) is 55.7 Å². The van der Waals surface area contributed by atoms with Gasteiger partial charge >= 0.3 is 0 Å². The normalized spacial score (nSPS) is 12.5. The van der Waals surface area contributed by atoms with E-state index in [1.54, 1.807) is 0 Å². The number of hydrogen-bond acceptors (Lipinski definition) is 4. The molecule has 1 aromatic heterocycles. The maximum Gasteiger partial charge on any atom is 0.277 e. The minimum absolute atomic E-state index is 0.142. The highest BCUT2D eigenvalue weighted by molar-refractivity contribution is 5.95. The summed E-state index contributed by atoms with van der Waals surface area (Å²) in [6.45, 7) is 8.01. The molecule has 0 saturated heterocycles. The zero-order chi connectivity index (χ0) is 16.0. The number of carbonyl (C=O) groups excluding carboxylic acids is 1. The Morgan fingerprint density at radius 2 is 2.00 bits per heavy atom. The lowest BCUT2D eigenvalue weighted by molar-refractivity contribution is 0.0917. The summed E-state index contributed by atoms with van der Waals surface area (Å²) in [6.07, 6.45) is 1.25. The summed E-state index contributed by atoms with van der Waals surface area (Å²) in [7, 11) is 0. The molecule has 1 aromatic rings. The van der Waals surface area contributed by atoms with Crippen molar-refractivity contribution in [2.75, 3.05) is 6.54 Å². The molecule has 0 fully saturated rings. The van der Waals surface area contributed by atoms with Crippen LogP contribution in [0.4, 0.5) is 0 Å². The van der Waals surface area contributed by atoms with E-state index in [1.807, 2.05) is 27.7 Å². The first-order chi connectivity index (χ1) is 9.92. The predicted octanol–water partition coefficient (Wildman–Crippen LogP) is 1.03. The number of aryl methyl sites for hydroxylation is 1. The molecule has 1 unspecified atom stereocenters. The third-order valence-corrected chi connectivity index (χ3v) is 3.58. The summed E-state index contributed by atoms with van der Waals surface area (Å²) in [4.78, 5) is 24.1. The van der Waals surface area contributed by atoms with E-state index in [9.17, 15) is 14.7 Å². The van der Waals surface area contributed by atoms with Crippen LogP contribution in [0.15, 0.2) is 4.79 Å². The minimum atomic E-state index is -0.467. The molecule has 0 aliphatic heterocycles. The van der Waals surface area contributed by atoms with E-state index in [0.717, 1.165) is 5.69 Å². The maximum absolute atomic E-state index is 12.2. The van der Waals surface area contributed by atoms with Crippen molar-refractivity contribution >= 4 is 5.91 Å². The van der Waals surface area contributed by atoms with Gasteiger partial charge in [-0.05, 0) is 30.7 Å². The number of carbonyl (C=O) groups is 1. The van der Waals surface area contributed by atoms with Gasteiger partial charge in [0.05, 0.1) is 11.8 Å². The molecule has 1 atom stereocenters. The van der Waals surface area contributed by atoms with Crippen LogP contribution in [-0.4, -0.2) is 33.9 Å². The summed E-state index contributed by atoms with van der Waals surface area (Å²) < 4.78 is 0. The van der Waals surface area contributed by atoms with Crippen molar-refractivity contribution in [3.05, 3.63) is 27.2 Å². The van der Waals surface area contributed by atoms with Crippen LogP contribution in [0.3, 0.4) is 0 Å². The topological polar surface area (TPSA) is 95.1 Å². The van der Waals surface area contributed by atoms with E-state index < -0.39 is 17.6 Å². The molecule has 0 aliphatic rings. The Bertz CT molecular complexity index is 537. The van der Waals surface area contributed by atoms with Gasteiger partial charge in [-0.1, -0.05) is 27.7 Å². The highest BCUT2D eigenvalue weighted by Gasteiger charge is 2.19. The number of aliphatic hydroxyl groups excluding tert-OH is 1. The largest absolute Gasteiger partial charge is 0.393 e. The Hall–Kier alpha value is -1.69. The fraction of sp³-hybridized carbons (Fsp3) is 0.667. The number of aliphatic hydroxyl groups is 1. The third kappa shape index (κ3) is 4.39. The predicted molar refractivity (Wildman–Crippen MR) is 81.4 cm³/mol. The highest BCUT2D eigenvalue weighted by Crippen LogP contribution is 2.10. The van der Waals surface area contributed by atoms with Gasteiger partial charge in [0.2, 0.25) is 0 Å². The van der Waals surface area contributed by atoms with Crippen molar-refractivity contribution in [1.29, 1.82) is 0 Å². The average molecular weight is 295 g/mol. The van der Waals surface area contributed by atoms with Crippen LogP contribution in [0.2, 0.25) is 0 Å². The first-order valence-electron chi connectivity index (χ1n) is 7.48. The zero-order valence-corrected chi connectivity index (χ0v) is 13.2. The van der Waals surface area contributed by atoms with Crippen molar-refractivity contribution in [1.82, 2.24) is 15.5 Å². The van der Waals surface area contributed by atoms with E-state index >= 15 is 0 Å². The van der Waals surface area contributed by atoms with Crippen molar-refractivity contribution in [2.24, 2.45) is 5.92 Å². The molecule has 0 bridgehead atoms. The Balaban J connectivity index is 2.85. The fourth-order valence-corrected chi connectivity index (χ4v) is 2.19. The van der Waals surface area contributed by atoms with Crippen LogP contribution < -0.4 is 10.9 Å². The minimum Gasteiger partial charge on any atom is -0.393 e. The first-order valence-corrected chi connectivity index (χ1v) is 7.48. The van der Waals surface area contributed by atoms with Gasteiger partial charge in [0.25, 0.3) is 11.5 Å². The summed E-state index contributed by atoms with van der Waals surface area (Å²) in [5, 5.41) is 18.8. The van der Waals surface area contributed by atoms with Gasteiger partial charge < -0.3 is 10.4 Å². The molecule has 21 heavy (non-hydrogen) atoms. The number of hydrogen-bond donors (Lipinski definition) is 3. The molecule has 0 aromatic carbocycles. The molecule has 1 rings (SSSR count). The zero-order valence-electron chi connectivity index (χ0n) is 13.2. The van der Waals surface area contributed by atoms with Crippen LogP contribution in [0.25, 0.3) is 0 Å². The van der Waals surface area contributed by atoms with Crippen LogP contribution >= 0.6 is 0 Å². The number of nitrogens with one attached hydrogen (secondary N) is 2. The molecule has 1 amide bonds. The Labute approximate surface area is 125 Å². The lowest BCUT2D eigenvalue weighted by Gasteiger charge is -2.15. The molecule has 0 spiro atoms. The van der Waals surface area contributed by atoms with E-state index in [-0.39, 0.29) is 11.5 Å². The van der Waals surface area contributed by atoms with Gasteiger partial charge in [0, 0.05) is 6.54 Å². The Morgan fingerprint density at radius 1 is 1.33 bits per heavy atom. The monoisotopic (exact) mass is 295 g/mol. The van der Waals surface area contributed by atoms with Crippen molar-refractivity contribution in [3.8, 4) is 0 Å². The molecule has 0 aliphatic carbocycles. The van der Waals surface area contributed by atoms with Crippen molar-refractivity contribution < 1.29 is 9.90 Å². The van der Waals surface area contributed by atoms with E-state index in [2.05, 4.69) is 15.5 Å². The van der Waals surface area contributed by atoms with Gasteiger partial charge in [0.1, 0.15) is 5.56 Å². The molecule has 118 valence electrons. The fourth-order valence-electron chi connectivity index (χ4n) is 2.19. The van der Waals surface area contributed by atoms with Crippen LogP contribution in [0.5, 0.6) is 0 Å². The number of amides is 1. The summed E-state index contributed by atoms with van der Waals surface area (Å²) in [5.41, 5.74) is 1.11. The third-order valence-electron chi connectivity index (χ3n) is 3.58. The summed E-state index contributed by atoms with van der Waals surface area (Å²) in [6, 6.07) is 0. The van der Waals surface area contributed by atoms with Crippen LogP contribution in [0, 0.1) is 5.92 Å². The summed E-state index contributed by atoms with van der Waals surface area (Å²) in [5.74, 6) is -0.259. The SMILES string of the molecule is CCc1n[nH]c(=O)c(C(=O)NCCC(O)C(C)C)c1CC. The number of aromatic nitrogens is 2. The average Bonchev–Trinajstić information content (AvgIpc) is 2.46. The lowest BCUT2D eigenvalue weighted by Crippen LogP contribution is -2.34. The number of aromatic amines is 1. The second-order valence-corrected chi connectivity index (χ2v) is 5.42. The maximum atomic E-state index is 12.2. The summed E-state index contributed by atoms with van der Waals surface area (Å²) >= 11 is 0. The molecule has 3 N–H and O–H groups in total. The molecule has 6 heteroatoms. The Kier molecular flexibility index (Phi) is 6.55. The second kappa shape index (κ2) is 7.93. The molecule has 0 saturated carbocycles. The van der Waals surface area contributed by atoms with E-state index in [0.29, 0.717) is 31.4 Å². The van der Waals surface area contributed by atoms with Gasteiger partial charge in [-0.3, -0.25) is 9.59 Å². The van der Waals surface area contributed by atoms with Gasteiger partial charge in [-0.25, -0.2) is 5.10 Å². The van der Waals surface area contributed by atoms with Crippen molar-refractivity contribution in [3.63, 3.8) is 0 Å². The quantitative estimate of drug-likeness (QED) is 0.700. The smallest absolute Gasteiger partial charge is 0.277 e. The number of rotatable bonds is 7. The molecule has 0 radical (unpaired) electrons. The molecule has 6 nitrogen and oxygen atoms in total.